The third kappa shape index (κ3) is 5.41. The molecule has 1 atom stereocenters. The van der Waals surface area contributed by atoms with Gasteiger partial charge in [0.15, 0.2) is 5.96 Å². The van der Waals surface area contributed by atoms with Crippen molar-refractivity contribution in [3.63, 3.8) is 0 Å². The van der Waals surface area contributed by atoms with Gasteiger partial charge in [0.1, 0.15) is 0 Å². The third-order valence-electron chi connectivity index (χ3n) is 4.16. The Morgan fingerprint density at radius 1 is 1.42 bits per heavy atom. The Hall–Kier alpha value is -1.75. The molecule has 1 aliphatic rings. The number of hydrogen-bond acceptors (Lipinski definition) is 3. The number of carbonyl (C=O) groups is 1. The normalized spacial score (nSPS) is 18.4. The number of carbonyl (C=O) groups excluding carboxylic acids is 1. The molecule has 0 bridgehead atoms. The Kier molecular flexibility index (Phi) is 7.37. The summed E-state index contributed by atoms with van der Waals surface area (Å²) in [6.07, 6.45) is 2.75. The van der Waals surface area contributed by atoms with Crippen molar-refractivity contribution in [2.75, 3.05) is 33.3 Å². The van der Waals surface area contributed by atoms with Gasteiger partial charge in [-0.3, -0.25) is 9.79 Å². The number of esters is 1. The molecule has 1 unspecified atom stereocenters. The fraction of sp³-hybridized carbons (Fsp3) is 0.556. The summed E-state index contributed by atoms with van der Waals surface area (Å²) < 4.78 is 5.16. The molecule has 1 aromatic rings. The quantitative estimate of drug-likeness (QED) is 0.503. The van der Waals surface area contributed by atoms with Crippen LogP contribution in [0, 0.1) is 5.92 Å². The van der Waals surface area contributed by atoms with Crippen LogP contribution in [0.3, 0.4) is 0 Å². The zero-order valence-corrected chi connectivity index (χ0v) is 15.2. The van der Waals surface area contributed by atoms with E-state index in [4.69, 9.17) is 16.3 Å². The van der Waals surface area contributed by atoms with Crippen LogP contribution in [-0.4, -0.2) is 50.1 Å². The van der Waals surface area contributed by atoms with Crippen LogP contribution in [0.1, 0.15) is 25.3 Å². The summed E-state index contributed by atoms with van der Waals surface area (Å²) in [6.45, 7) is 4.64. The number of halogens is 1. The van der Waals surface area contributed by atoms with Crippen molar-refractivity contribution in [3.05, 3.63) is 34.9 Å². The van der Waals surface area contributed by atoms with Crippen molar-refractivity contribution in [2.24, 2.45) is 10.9 Å². The second-order valence-corrected chi connectivity index (χ2v) is 6.32. The zero-order valence-electron chi connectivity index (χ0n) is 14.4. The molecular formula is C18H26ClN3O2. The summed E-state index contributed by atoms with van der Waals surface area (Å²) in [5.41, 5.74) is 1.23. The van der Waals surface area contributed by atoms with Crippen LogP contribution in [0.2, 0.25) is 5.02 Å². The van der Waals surface area contributed by atoms with Crippen molar-refractivity contribution in [1.82, 2.24) is 10.2 Å². The van der Waals surface area contributed by atoms with Gasteiger partial charge in [-0.2, -0.15) is 0 Å². The maximum absolute atomic E-state index is 12.0. The van der Waals surface area contributed by atoms with Gasteiger partial charge in [0.05, 0.1) is 12.5 Å². The SMILES string of the molecule is CCOC(=O)C1CCCN(C(=NC)NCCc2ccc(Cl)cc2)C1. The lowest BCUT2D eigenvalue weighted by molar-refractivity contribution is -0.149. The molecule has 0 aliphatic carbocycles. The number of piperidine rings is 1. The molecule has 0 amide bonds. The molecule has 2 rings (SSSR count). The van der Waals surface area contributed by atoms with Crippen LogP contribution < -0.4 is 5.32 Å². The highest BCUT2D eigenvalue weighted by atomic mass is 35.5. The topological polar surface area (TPSA) is 53.9 Å². The summed E-state index contributed by atoms with van der Waals surface area (Å²) >= 11 is 5.90. The zero-order chi connectivity index (χ0) is 17.4. The molecule has 0 aromatic heterocycles. The monoisotopic (exact) mass is 351 g/mol. The van der Waals surface area contributed by atoms with Crippen LogP contribution in [0.4, 0.5) is 0 Å². The number of rotatable bonds is 5. The number of likely N-dealkylation sites (tertiary alicyclic amines) is 1. The number of guanidine groups is 1. The first-order valence-corrected chi connectivity index (χ1v) is 8.88. The average Bonchev–Trinajstić information content (AvgIpc) is 2.60. The summed E-state index contributed by atoms with van der Waals surface area (Å²) in [5, 5.41) is 4.14. The predicted octanol–water partition coefficient (Wildman–Crippen LogP) is 2.73. The molecule has 1 N–H and O–H groups in total. The van der Waals surface area contributed by atoms with E-state index in [1.807, 2.05) is 31.2 Å². The predicted molar refractivity (Wildman–Crippen MR) is 97.4 cm³/mol. The standard InChI is InChI=1S/C18H26ClN3O2/c1-3-24-17(23)15-5-4-12-22(13-15)18(20-2)21-11-10-14-6-8-16(19)9-7-14/h6-9,15H,3-5,10-13H2,1-2H3,(H,20,21). The van der Waals surface area contributed by atoms with Gasteiger partial charge in [-0.05, 0) is 43.9 Å². The Labute approximate surface area is 149 Å². The highest BCUT2D eigenvalue weighted by Gasteiger charge is 2.28. The van der Waals surface area contributed by atoms with Gasteiger partial charge in [-0.1, -0.05) is 23.7 Å². The van der Waals surface area contributed by atoms with Gasteiger partial charge >= 0.3 is 5.97 Å². The molecule has 6 heteroatoms. The van der Waals surface area contributed by atoms with E-state index in [0.29, 0.717) is 13.2 Å². The Morgan fingerprint density at radius 2 is 2.17 bits per heavy atom. The molecule has 24 heavy (non-hydrogen) atoms. The molecule has 1 aliphatic heterocycles. The molecular weight excluding hydrogens is 326 g/mol. The van der Waals surface area contributed by atoms with Crippen LogP contribution in [0.5, 0.6) is 0 Å². The van der Waals surface area contributed by atoms with Crippen molar-refractivity contribution < 1.29 is 9.53 Å². The lowest BCUT2D eigenvalue weighted by Gasteiger charge is -2.34. The van der Waals surface area contributed by atoms with Gasteiger partial charge in [0.2, 0.25) is 0 Å². The lowest BCUT2D eigenvalue weighted by atomic mass is 9.98. The van der Waals surface area contributed by atoms with Crippen LogP contribution in [0.25, 0.3) is 0 Å². The van der Waals surface area contributed by atoms with Crippen molar-refractivity contribution in [3.8, 4) is 0 Å². The first-order chi connectivity index (χ1) is 11.6. The van der Waals surface area contributed by atoms with Crippen LogP contribution >= 0.6 is 11.6 Å². The molecule has 1 fully saturated rings. The van der Waals surface area contributed by atoms with Gasteiger partial charge in [0.25, 0.3) is 0 Å². The number of nitrogens with one attached hydrogen (secondary N) is 1. The van der Waals surface area contributed by atoms with E-state index in [0.717, 1.165) is 43.3 Å². The second-order valence-electron chi connectivity index (χ2n) is 5.89. The average molecular weight is 352 g/mol. The van der Waals surface area contributed by atoms with E-state index in [9.17, 15) is 4.79 Å². The summed E-state index contributed by atoms with van der Waals surface area (Å²) in [4.78, 5) is 18.5. The van der Waals surface area contributed by atoms with E-state index in [1.165, 1.54) is 5.56 Å². The molecule has 5 nitrogen and oxygen atoms in total. The van der Waals surface area contributed by atoms with E-state index in [1.54, 1.807) is 7.05 Å². The van der Waals surface area contributed by atoms with Gasteiger partial charge in [-0.25, -0.2) is 0 Å². The maximum Gasteiger partial charge on any atom is 0.310 e. The fourth-order valence-electron chi connectivity index (χ4n) is 2.92. The minimum Gasteiger partial charge on any atom is -0.466 e. The number of hydrogen-bond donors (Lipinski definition) is 1. The summed E-state index contributed by atoms with van der Waals surface area (Å²) in [6, 6.07) is 7.87. The molecule has 0 spiro atoms. The van der Waals surface area contributed by atoms with E-state index < -0.39 is 0 Å². The first-order valence-electron chi connectivity index (χ1n) is 8.50. The number of ether oxygens (including phenoxy) is 1. The molecule has 0 radical (unpaired) electrons. The van der Waals surface area contributed by atoms with Crippen molar-refractivity contribution >= 4 is 23.5 Å². The van der Waals surface area contributed by atoms with Gasteiger partial charge < -0.3 is 15.0 Å². The third-order valence-corrected chi connectivity index (χ3v) is 4.41. The molecule has 0 saturated carbocycles. The fourth-order valence-corrected chi connectivity index (χ4v) is 3.05. The number of aliphatic imine (C=N–C) groups is 1. The molecule has 1 saturated heterocycles. The van der Waals surface area contributed by atoms with Crippen LogP contribution in [-0.2, 0) is 16.0 Å². The number of benzene rings is 1. The van der Waals surface area contributed by atoms with E-state index in [2.05, 4.69) is 15.2 Å². The Balaban J connectivity index is 1.84. The number of nitrogens with zero attached hydrogens (tertiary/aromatic N) is 2. The molecule has 132 valence electrons. The molecule has 1 heterocycles. The summed E-state index contributed by atoms with van der Waals surface area (Å²) in [7, 11) is 1.78. The van der Waals surface area contributed by atoms with Gasteiger partial charge in [0, 0.05) is 31.7 Å². The Bertz CT molecular complexity index is 560. The smallest absolute Gasteiger partial charge is 0.310 e. The van der Waals surface area contributed by atoms with Crippen molar-refractivity contribution in [1.29, 1.82) is 0 Å². The highest BCUT2D eigenvalue weighted by Crippen LogP contribution is 2.18. The van der Waals surface area contributed by atoms with Crippen molar-refractivity contribution in [2.45, 2.75) is 26.2 Å². The minimum absolute atomic E-state index is 0.0616. The minimum atomic E-state index is -0.0983. The maximum atomic E-state index is 12.0. The second kappa shape index (κ2) is 9.52. The van der Waals surface area contributed by atoms with Gasteiger partial charge in [-0.15, -0.1) is 0 Å². The van der Waals surface area contributed by atoms with E-state index >= 15 is 0 Å². The largest absolute Gasteiger partial charge is 0.466 e. The van der Waals surface area contributed by atoms with E-state index in [-0.39, 0.29) is 11.9 Å². The van der Waals surface area contributed by atoms with Crippen LogP contribution in [0.15, 0.2) is 29.3 Å². The molecule has 1 aromatic carbocycles. The first kappa shape index (κ1) is 18.6. The lowest BCUT2D eigenvalue weighted by Crippen LogP contribution is -2.48. The highest BCUT2D eigenvalue weighted by molar-refractivity contribution is 6.30. The summed E-state index contributed by atoms with van der Waals surface area (Å²) in [5.74, 6) is 0.685. The Morgan fingerprint density at radius 3 is 2.83 bits per heavy atom.